The Bertz CT molecular complexity index is 896. The Balaban J connectivity index is 2.14. The smallest absolute Gasteiger partial charge is 0.392 e. The first-order valence-electron chi connectivity index (χ1n) is 9.32. The van der Waals surface area contributed by atoms with E-state index in [4.69, 9.17) is 34.0 Å². The van der Waals surface area contributed by atoms with Crippen LogP contribution in [0.15, 0.2) is 42.5 Å². The first-order valence-corrected chi connectivity index (χ1v) is 11.2. The van der Waals surface area contributed by atoms with E-state index < -0.39 is 30.2 Å². The number of carbonyl (C=O) groups is 1. The van der Waals surface area contributed by atoms with Crippen LogP contribution in [0, 0.1) is 0 Å². The minimum Gasteiger partial charge on any atom is -0.480 e. The topological polar surface area (TPSA) is 83.5 Å². The third-order valence-electron chi connectivity index (χ3n) is 4.71. The van der Waals surface area contributed by atoms with Gasteiger partial charge in [0.05, 0.1) is 12.0 Å². The molecule has 0 bridgehead atoms. The van der Waals surface area contributed by atoms with Gasteiger partial charge in [0, 0.05) is 15.6 Å². The second kappa shape index (κ2) is 10.9. The Hall–Kier alpha value is -1.45. The molecule has 4 nitrogen and oxygen atoms in total. The zero-order valence-corrected chi connectivity index (χ0v) is 18.7. The van der Waals surface area contributed by atoms with Gasteiger partial charge >= 0.3 is 12.1 Å². The van der Waals surface area contributed by atoms with Crippen LogP contribution in [-0.4, -0.2) is 39.9 Å². The summed E-state index contributed by atoms with van der Waals surface area (Å²) in [6.07, 6.45) is -5.92. The molecule has 0 aliphatic heterocycles. The summed E-state index contributed by atoms with van der Waals surface area (Å²) in [6, 6.07) is 10.0. The highest BCUT2D eigenvalue weighted by Gasteiger charge is 2.42. The van der Waals surface area contributed by atoms with Crippen molar-refractivity contribution in [3.8, 4) is 11.1 Å². The summed E-state index contributed by atoms with van der Waals surface area (Å²) in [5, 5.41) is 20.5. The maximum absolute atomic E-state index is 13.2. The van der Waals surface area contributed by atoms with Crippen molar-refractivity contribution in [3.63, 3.8) is 0 Å². The second-order valence-electron chi connectivity index (χ2n) is 7.12. The highest BCUT2D eigenvalue weighted by atomic mass is 35.5. The second-order valence-corrected chi connectivity index (χ2v) is 9.19. The monoisotopic (exact) mass is 495 g/mol. The van der Waals surface area contributed by atoms with Crippen molar-refractivity contribution in [2.24, 2.45) is 5.73 Å². The number of aliphatic hydroxyl groups is 1. The van der Waals surface area contributed by atoms with Crippen LogP contribution in [0.3, 0.4) is 0 Å². The molecule has 0 heterocycles. The summed E-state index contributed by atoms with van der Waals surface area (Å²) in [5.41, 5.74) is 4.79. The summed E-state index contributed by atoms with van der Waals surface area (Å²) >= 11 is 13.3. The molecule has 0 saturated heterocycles. The van der Waals surface area contributed by atoms with Crippen molar-refractivity contribution < 1.29 is 28.2 Å². The number of hydrogen-bond donors (Lipinski definition) is 3. The number of aliphatic carboxylic acids is 1. The van der Waals surface area contributed by atoms with Gasteiger partial charge in [-0.1, -0.05) is 53.5 Å². The largest absolute Gasteiger partial charge is 0.480 e. The van der Waals surface area contributed by atoms with Crippen LogP contribution in [0.25, 0.3) is 11.1 Å². The highest BCUT2D eigenvalue weighted by molar-refractivity contribution is 7.99. The molecule has 0 amide bonds. The van der Waals surface area contributed by atoms with E-state index in [2.05, 4.69) is 0 Å². The first kappa shape index (κ1) is 25.8. The number of halogens is 5. The van der Waals surface area contributed by atoms with Gasteiger partial charge in [0.2, 0.25) is 0 Å². The number of carboxylic acid groups (broad SMARTS) is 1. The van der Waals surface area contributed by atoms with Crippen LogP contribution >= 0.6 is 35.0 Å². The third-order valence-corrected chi connectivity index (χ3v) is 6.27. The van der Waals surface area contributed by atoms with Gasteiger partial charge in [-0.2, -0.15) is 24.9 Å². The molecule has 2 atom stereocenters. The molecule has 0 aliphatic carbocycles. The molecule has 2 aromatic rings. The minimum absolute atomic E-state index is 0.140. The minimum atomic E-state index is -4.57. The fourth-order valence-electron chi connectivity index (χ4n) is 3.03. The number of carboxylic acids is 1. The van der Waals surface area contributed by atoms with Gasteiger partial charge in [-0.05, 0) is 47.6 Å². The van der Waals surface area contributed by atoms with Crippen LogP contribution in [0.2, 0.25) is 10.0 Å². The van der Waals surface area contributed by atoms with Gasteiger partial charge in [0.25, 0.3) is 0 Å². The van der Waals surface area contributed by atoms with Crippen LogP contribution in [0.4, 0.5) is 13.2 Å². The molecular formula is C21H22Cl2F3NO3S. The van der Waals surface area contributed by atoms with E-state index in [0.29, 0.717) is 26.9 Å². The number of hydrogen-bond acceptors (Lipinski definition) is 4. The highest BCUT2D eigenvalue weighted by Crippen LogP contribution is 2.39. The fraction of sp³-hybridized carbons (Fsp3) is 0.381. The number of nitrogens with two attached hydrogens (primary N) is 1. The van der Waals surface area contributed by atoms with Gasteiger partial charge < -0.3 is 15.9 Å². The molecule has 0 aromatic heterocycles. The molecule has 0 spiro atoms. The first-order chi connectivity index (χ1) is 14.4. The lowest BCUT2D eigenvalue weighted by molar-refractivity contribution is -0.179. The van der Waals surface area contributed by atoms with Crippen LogP contribution in [-0.2, 0) is 10.4 Å². The van der Waals surface area contributed by atoms with Crippen LogP contribution in [0.1, 0.15) is 24.8 Å². The Morgan fingerprint density at radius 3 is 2.29 bits per heavy atom. The van der Waals surface area contributed by atoms with Gasteiger partial charge in [0.1, 0.15) is 6.04 Å². The summed E-state index contributed by atoms with van der Waals surface area (Å²) < 4.78 is 39.5. The van der Waals surface area contributed by atoms with Crippen molar-refractivity contribution >= 4 is 40.9 Å². The van der Waals surface area contributed by atoms with Crippen LogP contribution < -0.4 is 5.73 Å². The normalized spacial score (nSPS) is 14.8. The van der Waals surface area contributed by atoms with Crippen molar-refractivity contribution in [3.05, 3.63) is 58.1 Å². The fourth-order valence-corrected chi connectivity index (χ4v) is 4.65. The maximum Gasteiger partial charge on any atom is 0.392 e. The van der Waals surface area contributed by atoms with Gasteiger partial charge in [-0.25, -0.2) is 0 Å². The third kappa shape index (κ3) is 7.88. The SMILES string of the molecule is NC(CCSCCC(O)(CC(F)(F)F)c1ccc(-c2ccc(Cl)cc2Cl)cc1)C(=O)O. The molecule has 0 aliphatic rings. The van der Waals surface area contributed by atoms with Crippen molar-refractivity contribution in [1.82, 2.24) is 0 Å². The zero-order valence-electron chi connectivity index (χ0n) is 16.3. The Kier molecular flexibility index (Phi) is 9.09. The molecular weight excluding hydrogens is 474 g/mol. The zero-order chi connectivity index (χ0) is 23.2. The number of rotatable bonds is 10. The van der Waals surface area contributed by atoms with Crippen molar-refractivity contribution in [2.45, 2.75) is 37.1 Å². The molecule has 10 heteroatoms. The average molecular weight is 496 g/mol. The van der Waals surface area contributed by atoms with E-state index in [1.165, 1.54) is 23.9 Å². The molecule has 2 rings (SSSR count). The van der Waals surface area contributed by atoms with E-state index in [0.717, 1.165) is 0 Å². The summed E-state index contributed by atoms with van der Waals surface area (Å²) in [4.78, 5) is 10.7. The predicted molar refractivity (Wildman–Crippen MR) is 119 cm³/mol. The summed E-state index contributed by atoms with van der Waals surface area (Å²) in [7, 11) is 0. The standard InChI is InChI=1S/C21H22Cl2F3NO3S/c22-15-5-6-16(17(23)11-15)13-1-3-14(4-2-13)20(30,12-21(24,25)26)8-10-31-9-7-18(27)19(28)29/h1-6,11,18,30H,7-10,12,27H2,(H,28,29). The molecule has 2 unspecified atom stereocenters. The molecule has 31 heavy (non-hydrogen) atoms. The average Bonchev–Trinajstić information content (AvgIpc) is 2.66. The van der Waals surface area contributed by atoms with E-state index in [9.17, 15) is 23.1 Å². The molecule has 2 aromatic carbocycles. The van der Waals surface area contributed by atoms with E-state index in [-0.39, 0.29) is 24.2 Å². The Morgan fingerprint density at radius 1 is 1.10 bits per heavy atom. The Labute approximate surface area is 192 Å². The van der Waals surface area contributed by atoms with Crippen molar-refractivity contribution in [1.29, 1.82) is 0 Å². The van der Waals surface area contributed by atoms with E-state index in [1.807, 2.05) is 0 Å². The maximum atomic E-state index is 13.2. The quantitative estimate of drug-likeness (QED) is 0.366. The molecule has 0 fully saturated rings. The lowest BCUT2D eigenvalue weighted by Crippen LogP contribution is -2.33. The van der Waals surface area contributed by atoms with Gasteiger partial charge in [-0.3, -0.25) is 4.79 Å². The van der Waals surface area contributed by atoms with E-state index in [1.54, 1.807) is 30.3 Å². The number of benzene rings is 2. The number of thioether (sulfide) groups is 1. The molecule has 170 valence electrons. The summed E-state index contributed by atoms with van der Waals surface area (Å²) in [5.74, 6) is -0.553. The number of alkyl halides is 3. The van der Waals surface area contributed by atoms with Gasteiger partial charge in [0.15, 0.2) is 0 Å². The predicted octanol–water partition coefficient (Wildman–Crippen LogP) is 5.73. The van der Waals surface area contributed by atoms with Crippen LogP contribution in [0.5, 0.6) is 0 Å². The van der Waals surface area contributed by atoms with Gasteiger partial charge in [-0.15, -0.1) is 0 Å². The lowest BCUT2D eigenvalue weighted by Gasteiger charge is -2.30. The van der Waals surface area contributed by atoms with E-state index >= 15 is 0 Å². The Morgan fingerprint density at radius 2 is 1.74 bits per heavy atom. The van der Waals surface area contributed by atoms with Crippen molar-refractivity contribution in [2.75, 3.05) is 11.5 Å². The molecule has 0 radical (unpaired) electrons. The molecule has 0 saturated carbocycles. The molecule has 4 N–H and O–H groups in total. The summed E-state index contributed by atoms with van der Waals surface area (Å²) in [6.45, 7) is 0. The lowest BCUT2D eigenvalue weighted by atomic mass is 9.86.